The lowest BCUT2D eigenvalue weighted by Gasteiger charge is -2.19. The van der Waals surface area contributed by atoms with Crippen LogP contribution in [0.3, 0.4) is 0 Å². The Hall–Kier alpha value is -2.42. The molecule has 0 spiro atoms. The summed E-state index contributed by atoms with van der Waals surface area (Å²) in [6, 6.07) is 14.4. The molecule has 0 atom stereocenters. The number of rotatable bonds is 4. The van der Waals surface area contributed by atoms with Crippen molar-refractivity contribution in [2.75, 3.05) is 5.32 Å². The summed E-state index contributed by atoms with van der Waals surface area (Å²) in [5.74, 6) is 0.448. The maximum Gasteiger partial charge on any atom is 0.193 e. The monoisotopic (exact) mass is 474 g/mol. The summed E-state index contributed by atoms with van der Waals surface area (Å²) in [6.45, 7) is 0.533. The molecule has 3 aromatic rings. The van der Waals surface area contributed by atoms with Crippen molar-refractivity contribution in [2.45, 2.75) is 32.2 Å². The van der Waals surface area contributed by atoms with Crippen LogP contribution in [0, 0.1) is 0 Å². The summed E-state index contributed by atoms with van der Waals surface area (Å²) < 4.78 is 1.72. The molecule has 3 N–H and O–H groups in total. The average molecular weight is 474 g/mol. The van der Waals surface area contributed by atoms with Crippen molar-refractivity contribution >= 4 is 35.6 Å². The third-order valence-corrected chi connectivity index (χ3v) is 4.71. The summed E-state index contributed by atoms with van der Waals surface area (Å²) in [4.78, 5) is 8.44. The molecule has 1 heterocycles. The fourth-order valence-corrected chi connectivity index (χ4v) is 3.35. The normalized spacial score (nSPS) is 13.6. The van der Waals surface area contributed by atoms with Gasteiger partial charge in [-0.15, -0.1) is 24.0 Å². The third-order valence-electron chi connectivity index (χ3n) is 4.71. The highest BCUT2D eigenvalue weighted by atomic mass is 127. The fourth-order valence-electron chi connectivity index (χ4n) is 3.35. The van der Waals surface area contributed by atoms with Crippen molar-refractivity contribution in [3.63, 3.8) is 0 Å². The molecule has 0 bridgehead atoms. The molecule has 4 rings (SSSR count). The van der Waals surface area contributed by atoms with Crippen LogP contribution >= 0.6 is 24.0 Å². The van der Waals surface area contributed by atoms with Gasteiger partial charge in [-0.05, 0) is 60.6 Å². The summed E-state index contributed by atoms with van der Waals surface area (Å²) in [7, 11) is 0. The number of aliphatic imine (C=N–C) groups is 1. The Bertz CT molecular complexity index is 903. The highest BCUT2D eigenvalue weighted by Crippen LogP contribution is 2.27. The number of anilines is 1. The number of benzene rings is 2. The summed E-state index contributed by atoms with van der Waals surface area (Å²) in [5.41, 5.74) is 12.1. The van der Waals surface area contributed by atoms with Gasteiger partial charge in [0.1, 0.15) is 12.7 Å². The number of aromatic nitrogens is 3. The minimum atomic E-state index is 0. The van der Waals surface area contributed by atoms with Crippen LogP contribution in [0.2, 0.25) is 0 Å². The number of nitrogens with one attached hydrogen (secondary N) is 1. The lowest BCUT2D eigenvalue weighted by atomic mass is 9.90. The highest BCUT2D eigenvalue weighted by Gasteiger charge is 2.13. The summed E-state index contributed by atoms with van der Waals surface area (Å²) in [5, 5.41) is 7.40. The molecule has 1 aliphatic carbocycles. The molecule has 0 saturated carbocycles. The molecule has 140 valence electrons. The van der Waals surface area contributed by atoms with E-state index >= 15 is 0 Å². The van der Waals surface area contributed by atoms with Crippen LogP contribution in [0.5, 0.6) is 0 Å². The molecule has 0 radical (unpaired) electrons. The predicted octanol–water partition coefficient (Wildman–Crippen LogP) is 3.69. The molecule has 0 fully saturated rings. The number of fused-ring (bicyclic) bond motifs is 1. The number of nitrogens with two attached hydrogens (primary N) is 1. The van der Waals surface area contributed by atoms with Crippen LogP contribution < -0.4 is 11.1 Å². The molecule has 0 amide bonds. The van der Waals surface area contributed by atoms with Crippen LogP contribution in [0.25, 0.3) is 5.69 Å². The van der Waals surface area contributed by atoms with E-state index in [0.717, 1.165) is 29.8 Å². The molecular formula is C20H23IN6. The zero-order chi connectivity index (χ0) is 17.8. The van der Waals surface area contributed by atoms with Gasteiger partial charge in [0.2, 0.25) is 0 Å². The van der Waals surface area contributed by atoms with Gasteiger partial charge in [-0.3, -0.25) is 0 Å². The van der Waals surface area contributed by atoms with Crippen molar-refractivity contribution in [1.29, 1.82) is 0 Å². The van der Waals surface area contributed by atoms with E-state index in [1.54, 1.807) is 11.0 Å². The molecule has 27 heavy (non-hydrogen) atoms. The third kappa shape index (κ3) is 4.65. The maximum atomic E-state index is 6.11. The van der Waals surface area contributed by atoms with Gasteiger partial charge in [-0.1, -0.05) is 24.3 Å². The first-order valence-electron chi connectivity index (χ1n) is 8.91. The number of aryl methyl sites for hydroxylation is 1. The van der Waals surface area contributed by atoms with Crippen LogP contribution in [-0.4, -0.2) is 20.7 Å². The number of hydrogen-bond donors (Lipinski definition) is 2. The Labute approximate surface area is 175 Å². The summed E-state index contributed by atoms with van der Waals surface area (Å²) in [6.07, 6.45) is 7.96. The first-order valence-corrected chi connectivity index (χ1v) is 8.91. The van der Waals surface area contributed by atoms with Crippen molar-refractivity contribution in [3.05, 3.63) is 71.8 Å². The fraction of sp³-hybridized carbons (Fsp3) is 0.250. The van der Waals surface area contributed by atoms with Gasteiger partial charge in [-0.2, -0.15) is 5.10 Å². The minimum absolute atomic E-state index is 0. The molecule has 0 aliphatic heterocycles. The van der Waals surface area contributed by atoms with Gasteiger partial charge in [0.05, 0.1) is 12.2 Å². The molecule has 7 heteroatoms. The van der Waals surface area contributed by atoms with E-state index in [4.69, 9.17) is 5.73 Å². The minimum Gasteiger partial charge on any atom is -0.370 e. The second kappa shape index (κ2) is 8.98. The Morgan fingerprint density at radius 1 is 1.11 bits per heavy atom. The van der Waals surface area contributed by atoms with Crippen molar-refractivity contribution in [3.8, 4) is 5.69 Å². The number of halogens is 1. The van der Waals surface area contributed by atoms with Gasteiger partial charge >= 0.3 is 0 Å². The number of nitrogens with zero attached hydrogens (tertiary/aromatic N) is 4. The van der Waals surface area contributed by atoms with Crippen LogP contribution in [0.1, 0.15) is 29.5 Å². The second-order valence-corrected chi connectivity index (χ2v) is 6.48. The Balaban J connectivity index is 0.00000210. The van der Waals surface area contributed by atoms with Crippen LogP contribution in [-0.2, 0) is 19.4 Å². The molecule has 0 saturated heterocycles. The Morgan fingerprint density at radius 3 is 2.70 bits per heavy atom. The van der Waals surface area contributed by atoms with Gasteiger partial charge in [0, 0.05) is 5.69 Å². The second-order valence-electron chi connectivity index (χ2n) is 6.48. The number of hydrogen-bond acceptors (Lipinski definition) is 3. The SMILES string of the molecule is I.NC(=NCc1ccc(-n2cncn2)cc1)Nc1cccc2c1CCCC2. The predicted molar refractivity (Wildman–Crippen MR) is 119 cm³/mol. The van der Waals surface area contributed by atoms with Crippen molar-refractivity contribution < 1.29 is 0 Å². The van der Waals surface area contributed by atoms with E-state index < -0.39 is 0 Å². The van der Waals surface area contributed by atoms with E-state index in [0.29, 0.717) is 12.5 Å². The first-order chi connectivity index (χ1) is 12.8. The first kappa shape index (κ1) is 19.3. The lowest BCUT2D eigenvalue weighted by molar-refractivity contribution is 0.687. The largest absolute Gasteiger partial charge is 0.370 e. The van der Waals surface area contributed by atoms with Crippen LogP contribution in [0.4, 0.5) is 5.69 Å². The quantitative estimate of drug-likeness (QED) is 0.344. The van der Waals surface area contributed by atoms with Crippen molar-refractivity contribution in [1.82, 2.24) is 14.8 Å². The zero-order valence-corrected chi connectivity index (χ0v) is 17.3. The van der Waals surface area contributed by atoms with Crippen molar-refractivity contribution in [2.24, 2.45) is 10.7 Å². The molecular weight excluding hydrogens is 451 g/mol. The summed E-state index contributed by atoms with van der Waals surface area (Å²) >= 11 is 0. The lowest BCUT2D eigenvalue weighted by Crippen LogP contribution is -2.24. The molecule has 2 aromatic carbocycles. The van der Waals surface area contributed by atoms with E-state index in [-0.39, 0.29) is 24.0 Å². The zero-order valence-electron chi connectivity index (χ0n) is 15.0. The molecule has 0 unspecified atom stereocenters. The van der Waals surface area contributed by atoms with Gasteiger partial charge in [0.25, 0.3) is 0 Å². The van der Waals surface area contributed by atoms with Gasteiger partial charge < -0.3 is 11.1 Å². The van der Waals surface area contributed by atoms with Crippen LogP contribution in [0.15, 0.2) is 60.1 Å². The van der Waals surface area contributed by atoms with E-state index in [2.05, 4.69) is 38.6 Å². The average Bonchev–Trinajstić information content (AvgIpc) is 3.22. The molecule has 1 aliphatic rings. The molecule has 1 aromatic heterocycles. The maximum absolute atomic E-state index is 6.11. The highest BCUT2D eigenvalue weighted by molar-refractivity contribution is 14.0. The van der Waals surface area contributed by atoms with E-state index in [1.165, 1.54) is 30.3 Å². The Morgan fingerprint density at radius 2 is 1.93 bits per heavy atom. The van der Waals surface area contributed by atoms with E-state index in [1.807, 2.05) is 24.3 Å². The van der Waals surface area contributed by atoms with Gasteiger partial charge in [-0.25, -0.2) is 14.7 Å². The topological polar surface area (TPSA) is 81.1 Å². The molecule has 6 nitrogen and oxygen atoms in total. The van der Waals surface area contributed by atoms with Gasteiger partial charge in [0.15, 0.2) is 5.96 Å². The smallest absolute Gasteiger partial charge is 0.193 e. The van der Waals surface area contributed by atoms with E-state index in [9.17, 15) is 0 Å². The Kier molecular flexibility index (Phi) is 6.44. The standard InChI is InChI=1S/C20H22N6.HI/c21-20(25-19-7-3-5-16-4-1-2-6-18(16)19)23-12-15-8-10-17(11-9-15)26-14-22-13-24-26;/h3,5,7-11,13-14H,1-2,4,6,12H2,(H3,21,23,25);1H. The number of guanidine groups is 1.